The number of halogens is 1. The first kappa shape index (κ1) is 26.3. The third-order valence-corrected chi connectivity index (χ3v) is 8.35. The summed E-state index contributed by atoms with van der Waals surface area (Å²) in [6.45, 7) is 4.62. The van der Waals surface area contributed by atoms with E-state index in [9.17, 15) is 14.7 Å². The normalized spacial score (nSPS) is 19.7. The lowest BCUT2D eigenvalue weighted by Crippen LogP contribution is -2.29. The molecule has 6 rings (SSSR count). The highest BCUT2D eigenvalue weighted by Gasteiger charge is 2.48. The van der Waals surface area contributed by atoms with E-state index in [1.54, 1.807) is 30.3 Å². The Labute approximate surface area is 240 Å². The molecule has 1 aromatic heterocycles. The van der Waals surface area contributed by atoms with Gasteiger partial charge in [-0.15, -0.1) is 0 Å². The molecule has 3 heterocycles. The molecule has 1 N–H and O–H groups in total. The SMILES string of the molecule is CCCCOc1cccc([C@H]2/C(=C(\O)c3ccc4c(c3)C[C@H](C)O4)C(=O)C(=O)N2c2nc3ccc(Cl)cc3s2)c1. The van der Waals surface area contributed by atoms with Crippen molar-refractivity contribution in [2.75, 3.05) is 11.5 Å². The summed E-state index contributed by atoms with van der Waals surface area (Å²) in [6, 6.07) is 17.0. The van der Waals surface area contributed by atoms with Crippen molar-refractivity contribution in [1.82, 2.24) is 4.98 Å². The second-order valence-electron chi connectivity index (χ2n) is 10.0. The van der Waals surface area contributed by atoms with Crippen LogP contribution in [0, 0.1) is 0 Å². The van der Waals surface area contributed by atoms with E-state index in [1.165, 1.54) is 16.2 Å². The van der Waals surface area contributed by atoms with Crippen LogP contribution in [0.4, 0.5) is 5.13 Å². The van der Waals surface area contributed by atoms with Crippen molar-refractivity contribution >= 4 is 55.7 Å². The summed E-state index contributed by atoms with van der Waals surface area (Å²) in [5.41, 5.74) is 2.68. The van der Waals surface area contributed by atoms with Crippen LogP contribution in [-0.2, 0) is 16.0 Å². The number of thiazole rings is 1. The van der Waals surface area contributed by atoms with E-state index in [0.717, 1.165) is 28.9 Å². The number of nitrogens with zero attached hydrogens (tertiary/aromatic N) is 2. The number of rotatable bonds is 7. The Bertz CT molecular complexity index is 1680. The van der Waals surface area contributed by atoms with Crippen LogP contribution >= 0.6 is 22.9 Å². The minimum Gasteiger partial charge on any atom is -0.507 e. The van der Waals surface area contributed by atoms with Crippen LogP contribution < -0.4 is 14.4 Å². The van der Waals surface area contributed by atoms with Crippen LogP contribution in [0.25, 0.3) is 16.0 Å². The second-order valence-corrected chi connectivity index (χ2v) is 11.5. The fourth-order valence-electron chi connectivity index (χ4n) is 5.17. The highest BCUT2D eigenvalue weighted by atomic mass is 35.5. The zero-order chi connectivity index (χ0) is 28.0. The molecule has 1 fully saturated rings. The fraction of sp³-hybridized carbons (Fsp3) is 0.258. The van der Waals surface area contributed by atoms with E-state index < -0.39 is 17.7 Å². The van der Waals surface area contributed by atoms with Crippen LogP contribution in [-0.4, -0.2) is 34.5 Å². The molecule has 1 amide bonds. The maximum atomic E-state index is 13.6. The van der Waals surface area contributed by atoms with Gasteiger partial charge in [0.2, 0.25) is 0 Å². The summed E-state index contributed by atoms with van der Waals surface area (Å²) < 4.78 is 12.5. The molecular formula is C31H27ClN2O5S. The van der Waals surface area contributed by atoms with Crippen LogP contribution in [0.3, 0.4) is 0 Å². The predicted molar refractivity (Wildman–Crippen MR) is 156 cm³/mol. The van der Waals surface area contributed by atoms with E-state index in [2.05, 4.69) is 11.9 Å². The van der Waals surface area contributed by atoms with E-state index >= 15 is 0 Å². The molecule has 2 aliphatic rings. The Balaban J connectivity index is 1.50. The molecule has 204 valence electrons. The third kappa shape index (κ3) is 4.71. The molecule has 0 spiro atoms. The quantitative estimate of drug-likeness (QED) is 0.110. The third-order valence-electron chi connectivity index (χ3n) is 7.10. The Kier molecular flexibility index (Phi) is 6.98. The van der Waals surface area contributed by atoms with Gasteiger partial charge in [-0.1, -0.05) is 48.4 Å². The number of hydrogen-bond donors (Lipinski definition) is 1. The highest BCUT2D eigenvalue weighted by Crippen LogP contribution is 2.45. The number of Topliss-reactive ketones (excluding diaryl/α,β-unsaturated/α-hetero) is 1. The molecule has 9 heteroatoms. The summed E-state index contributed by atoms with van der Waals surface area (Å²) >= 11 is 7.46. The Morgan fingerprint density at radius 2 is 2.02 bits per heavy atom. The number of ether oxygens (including phenoxy) is 2. The number of carbonyl (C=O) groups is 2. The average Bonchev–Trinajstić information content (AvgIpc) is 3.60. The topological polar surface area (TPSA) is 89.0 Å². The van der Waals surface area contributed by atoms with E-state index in [-0.39, 0.29) is 17.4 Å². The van der Waals surface area contributed by atoms with Gasteiger partial charge in [0.1, 0.15) is 23.4 Å². The number of aliphatic hydroxyl groups is 1. The fourth-order valence-corrected chi connectivity index (χ4v) is 6.44. The van der Waals surface area contributed by atoms with Gasteiger partial charge >= 0.3 is 5.91 Å². The lowest BCUT2D eigenvalue weighted by atomic mass is 9.94. The first-order valence-electron chi connectivity index (χ1n) is 13.2. The number of aromatic nitrogens is 1. The number of amides is 1. The van der Waals surface area contributed by atoms with Crippen molar-refractivity contribution < 1.29 is 24.2 Å². The zero-order valence-electron chi connectivity index (χ0n) is 22.0. The first-order chi connectivity index (χ1) is 19.3. The van der Waals surface area contributed by atoms with E-state index in [1.807, 2.05) is 37.3 Å². The van der Waals surface area contributed by atoms with Crippen molar-refractivity contribution in [2.24, 2.45) is 0 Å². The Hall–Kier alpha value is -3.88. The summed E-state index contributed by atoms with van der Waals surface area (Å²) in [7, 11) is 0. The van der Waals surface area contributed by atoms with Gasteiger partial charge in [-0.25, -0.2) is 4.98 Å². The standard InChI is InChI=1S/C31H27ClN2O5S/c1-3-4-12-38-22-7-5-6-18(15-22)27-26(28(35)19-8-11-24-20(14-19)13-17(2)39-24)29(36)30(37)34(27)31-33-23-10-9-21(32)16-25(23)40-31/h5-11,14-17,27,35H,3-4,12-13H2,1-2H3/b28-26+/t17-,27-/m0/s1. The lowest BCUT2D eigenvalue weighted by Gasteiger charge is -2.23. The second kappa shape index (κ2) is 10.6. The number of unbranched alkanes of at least 4 members (excludes halogenated alkanes) is 1. The Morgan fingerprint density at radius 1 is 1.18 bits per heavy atom. The minimum atomic E-state index is -0.908. The molecule has 0 saturated carbocycles. The van der Waals surface area contributed by atoms with Gasteiger partial charge in [0, 0.05) is 17.0 Å². The number of carbonyl (C=O) groups excluding carboxylic acids is 2. The smallest absolute Gasteiger partial charge is 0.301 e. The van der Waals surface area contributed by atoms with Gasteiger partial charge < -0.3 is 14.6 Å². The minimum absolute atomic E-state index is 0.0000829. The van der Waals surface area contributed by atoms with Gasteiger partial charge in [0.25, 0.3) is 5.78 Å². The van der Waals surface area contributed by atoms with Crippen LogP contribution in [0.5, 0.6) is 11.5 Å². The number of anilines is 1. The maximum absolute atomic E-state index is 13.6. The molecule has 0 unspecified atom stereocenters. The van der Waals surface area contributed by atoms with Gasteiger partial charge in [-0.2, -0.15) is 0 Å². The molecule has 7 nitrogen and oxygen atoms in total. The molecule has 3 aromatic carbocycles. The maximum Gasteiger partial charge on any atom is 0.301 e. The predicted octanol–water partition coefficient (Wildman–Crippen LogP) is 7.08. The van der Waals surface area contributed by atoms with E-state index in [0.29, 0.717) is 45.6 Å². The van der Waals surface area contributed by atoms with Crippen LogP contribution in [0.2, 0.25) is 5.02 Å². The van der Waals surface area contributed by atoms with Gasteiger partial charge in [0.15, 0.2) is 5.13 Å². The highest BCUT2D eigenvalue weighted by molar-refractivity contribution is 7.22. The molecule has 0 aliphatic carbocycles. The number of ketones is 1. The largest absolute Gasteiger partial charge is 0.507 e. The molecular weight excluding hydrogens is 548 g/mol. The molecule has 2 atom stereocenters. The number of hydrogen-bond acceptors (Lipinski definition) is 7. The number of benzene rings is 3. The molecule has 0 radical (unpaired) electrons. The summed E-state index contributed by atoms with van der Waals surface area (Å²) in [4.78, 5) is 33.3. The van der Waals surface area contributed by atoms with Crippen molar-refractivity contribution in [3.63, 3.8) is 0 Å². The zero-order valence-corrected chi connectivity index (χ0v) is 23.6. The molecule has 40 heavy (non-hydrogen) atoms. The van der Waals surface area contributed by atoms with Crippen molar-refractivity contribution in [2.45, 2.75) is 45.3 Å². The summed E-state index contributed by atoms with van der Waals surface area (Å²) in [5.74, 6) is -0.397. The first-order valence-corrected chi connectivity index (χ1v) is 14.4. The monoisotopic (exact) mass is 574 g/mol. The van der Waals surface area contributed by atoms with Crippen LogP contribution in [0.15, 0.2) is 66.2 Å². The van der Waals surface area contributed by atoms with Gasteiger partial charge in [-0.05, 0) is 73.0 Å². The Morgan fingerprint density at radius 3 is 2.85 bits per heavy atom. The number of aliphatic hydroxyl groups excluding tert-OH is 1. The van der Waals surface area contributed by atoms with Gasteiger partial charge in [0.05, 0.1) is 28.4 Å². The van der Waals surface area contributed by atoms with Gasteiger partial charge in [-0.3, -0.25) is 14.5 Å². The summed E-state index contributed by atoms with van der Waals surface area (Å²) in [5, 5.41) is 12.5. The molecule has 1 saturated heterocycles. The van der Waals surface area contributed by atoms with E-state index in [4.69, 9.17) is 21.1 Å². The lowest BCUT2D eigenvalue weighted by molar-refractivity contribution is -0.132. The molecule has 0 bridgehead atoms. The molecule has 4 aromatic rings. The average molecular weight is 575 g/mol. The number of fused-ring (bicyclic) bond motifs is 2. The van der Waals surface area contributed by atoms with Crippen molar-refractivity contribution in [1.29, 1.82) is 0 Å². The van der Waals surface area contributed by atoms with Crippen LogP contribution in [0.1, 0.15) is 49.4 Å². The summed E-state index contributed by atoms with van der Waals surface area (Å²) in [6.07, 6.45) is 2.62. The molecule has 2 aliphatic heterocycles. The van der Waals surface area contributed by atoms with Crippen molar-refractivity contribution in [3.8, 4) is 11.5 Å². The van der Waals surface area contributed by atoms with Crippen molar-refractivity contribution in [3.05, 3.63) is 87.9 Å².